The fourth-order valence-electron chi connectivity index (χ4n) is 2.18. The van der Waals surface area contributed by atoms with Crippen molar-refractivity contribution in [3.8, 4) is 0 Å². The molecule has 0 bridgehead atoms. The predicted molar refractivity (Wildman–Crippen MR) is 78.8 cm³/mol. The fourth-order valence-corrected chi connectivity index (χ4v) is 2.18. The molecule has 0 radical (unpaired) electrons. The number of H-pyrrole nitrogens is 1. The van der Waals surface area contributed by atoms with Crippen molar-refractivity contribution in [3.63, 3.8) is 0 Å². The third-order valence-electron chi connectivity index (χ3n) is 3.26. The number of nitrogens with zero attached hydrogens (tertiary/aromatic N) is 1. The van der Waals surface area contributed by atoms with Gasteiger partial charge in [0.2, 0.25) is 5.91 Å². The molecule has 1 aromatic carbocycles. The maximum Gasteiger partial charge on any atom is 0.249 e. The molecule has 0 unspecified atom stereocenters. The van der Waals surface area contributed by atoms with E-state index in [0.717, 1.165) is 11.1 Å². The van der Waals surface area contributed by atoms with Crippen LogP contribution in [0.4, 0.5) is 0 Å². The highest BCUT2D eigenvalue weighted by Gasteiger charge is 2.19. The van der Waals surface area contributed by atoms with Gasteiger partial charge in [-0.2, -0.15) is 0 Å². The third-order valence-corrected chi connectivity index (χ3v) is 3.26. The van der Waals surface area contributed by atoms with Crippen molar-refractivity contribution in [2.45, 2.75) is 33.4 Å². The molecule has 2 rings (SSSR count). The van der Waals surface area contributed by atoms with E-state index in [2.05, 4.69) is 17.6 Å². The number of hydrogen-bond donors (Lipinski definition) is 1. The first-order chi connectivity index (χ1) is 9.00. The van der Waals surface area contributed by atoms with Crippen molar-refractivity contribution >= 4 is 16.8 Å². The van der Waals surface area contributed by atoms with E-state index in [9.17, 15) is 4.79 Å². The Hall–Kier alpha value is -2.03. The van der Waals surface area contributed by atoms with Crippen LogP contribution in [0.25, 0.3) is 10.9 Å². The van der Waals surface area contributed by atoms with Crippen molar-refractivity contribution < 1.29 is 4.79 Å². The first-order valence-electron chi connectivity index (χ1n) is 6.52. The Balaban J connectivity index is 2.31. The number of benzene rings is 1. The van der Waals surface area contributed by atoms with Crippen molar-refractivity contribution in [3.05, 3.63) is 48.2 Å². The standard InChI is InChI=1S/C16H20N2O/c1-11(2)16(19)18(12(3)4)10-13-9-17-15-8-6-5-7-14(13)15/h5-9,12,17H,1,10H2,2-4H3. The summed E-state index contributed by atoms with van der Waals surface area (Å²) in [5.74, 6) is 0.0141. The van der Waals surface area contributed by atoms with Gasteiger partial charge >= 0.3 is 0 Å². The van der Waals surface area contributed by atoms with E-state index in [1.165, 1.54) is 5.39 Å². The van der Waals surface area contributed by atoms with Gasteiger partial charge in [-0.25, -0.2) is 0 Å². The van der Waals surface area contributed by atoms with E-state index >= 15 is 0 Å². The summed E-state index contributed by atoms with van der Waals surface area (Å²) < 4.78 is 0. The predicted octanol–water partition coefficient (Wildman–Crippen LogP) is 3.48. The molecule has 0 spiro atoms. The second-order valence-corrected chi connectivity index (χ2v) is 5.17. The number of fused-ring (bicyclic) bond motifs is 1. The third kappa shape index (κ3) is 2.70. The van der Waals surface area contributed by atoms with Crippen LogP contribution < -0.4 is 0 Å². The number of aromatic amines is 1. The molecular weight excluding hydrogens is 236 g/mol. The molecule has 0 saturated heterocycles. The van der Waals surface area contributed by atoms with Gasteiger partial charge in [0, 0.05) is 35.3 Å². The number of para-hydroxylation sites is 1. The topological polar surface area (TPSA) is 36.1 Å². The van der Waals surface area contributed by atoms with E-state index in [4.69, 9.17) is 0 Å². The molecule has 0 aliphatic rings. The van der Waals surface area contributed by atoms with Gasteiger partial charge in [-0.3, -0.25) is 4.79 Å². The summed E-state index contributed by atoms with van der Waals surface area (Å²) in [5.41, 5.74) is 2.82. The van der Waals surface area contributed by atoms with E-state index in [-0.39, 0.29) is 11.9 Å². The monoisotopic (exact) mass is 256 g/mol. The first-order valence-corrected chi connectivity index (χ1v) is 6.52. The molecule has 1 aromatic heterocycles. The molecule has 3 heteroatoms. The van der Waals surface area contributed by atoms with Gasteiger partial charge in [0.05, 0.1) is 0 Å². The second-order valence-electron chi connectivity index (χ2n) is 5.17. The zero-order valence-electron chi connectivity index (χ0n) is 11.7. The van der Waals surface area contributed by atoms with Crippen LogP contribution in [0.15, 0.2) is 42.6 Å². The number of carbonyl (C=O) groups is 1. The van der Waals surface area contributed by atoms with Crippen molar-refractivity contribution in [2.75, 3.05) is 0 Å². The summed E-state index contributed by atoms with van der Waals surface area (Å²) in [5, 5.41) is 1.17. The first kappa shape index (κ1) is 13.4. The minimum absolute atomic E-state index is 0.0141. The number of aromatic nitrogens is 1. The molecule has 3 nitrogen and oxygen atoms in total. The van der Waals surface area contributed by atoms with Crippen LogP contribution in [0, 0.1) is 0 Å². The maximum absolute atomic E-state index is 12.2. The quantitative estimate of drug-likeness (QED) is 0.835. The number of hydrogen-bond acceptors (Lipinski definition) is 1. The Labute approximate surface area is 113 Å². The highest BCUT2D eigenvalue weighted by atomic mass is 16.2. The average molecular weight is 256 g/mol. The SMILES string of the molecule is C=C(C)C(=O)N(Cc1c[nH]c2ccccc12)C(C)C. The lowest BCUT2D eigenvalue weighted by Gasteiger charge is -2.26. The zero-order valence-corrected chi connectivity index (χ0v) is 11.7. The van der Waals surface area contributed by atoms with Crippen molar-refractivity contribution in [1.82, 2.24) is 9.88 Å². The van der Waals surface area contributed by atoms with Crippen molar-refractivity contribution in [2.24, 2.45) is 0 Å². The summed E-state index contributed by atoms with van der Waals surface area (Å²) in [4.78, 5) is 17.2. The molecule has 100 valence electrons. The maximum atomic E-state index is 12.2. The Bertz CT molecular complexity index is 610. The Kier molecular flexibility index (Phi) is 3.74. The van der Waals surface area contributed by atoms with Crippen LogP contribution in [0.2, 0.25) is 0 Å². The van der Waals surface area contributed by atoms with Crippen LogP contribution >= 0.6 is 0 Å². The van der Waals surface area contributed by atoms with Crippen LogP contribution in [0.5, 0.6) is 0 Å². The molecule has 2 aromatic rings. The molecule has 0 saturated carbocycles. The van der Waals surface area contributed by atoms with E-state index in [1.807, 2.05) is 43.1 Å². The molecule has 19 heavy (non-hydrogen) atoms. The van der Waals surface area contributed by atoms with E-state index in [0.29, 0.717) is 12.1 Å². The van der Waals surface area contributed by atoms with Crippen LogP contribution in [0.1, 0.15) is 26.3 Å². The van der Waals surface area contributed by atoms with Gasteiger partial charge in [0.25, 0.3) is 0 Å². The Morgan fingerprint density at radius 3 is 2.68 bits per heavy atom. The van der Waals surface area contributed by atoms with Crippen molar-refractivity contribution in [1.29, 1.82) is 0 Å². The summed E-state index contributed by atoms with van der Waals surface area (Å²) in [6.45, 7) is 10.2. The van der Waals surface area contributed by atoms with Gasteiger partial charge < -0.3 is 9.88 Å². The number of nitrogens with one attached hydrogen (secondary N) is 1. The second kappa shape index (κ2) is 5.31. The highest BCUT2D eigenvalue weighted by Crippen LogP contribution is 2.21. The van der Waals surface area contributed by atoms with Crippen LogP contribution in [-0.4, -0.2) is 21.8 Å². The lowest BCUT2D eigenvalue weighted by Crippen LogP contribution is -2.36. The molecule has 0 atom stereocenters. The van der Waals surface area contributed by atoms with Gasteiger partial charge in [0.15, 0.2) is 0 Å². The van der Waals surface area contributed by atoms with E-state index < -0.39 is 0 Å². The molecule has 1 amide bonds. The molecule has 0 aliphatic carbocycles. The fraction of sp³-hybridized carbons (Fsp3) is 0.312. The van der Waals surface area contributed by atoms with Crippen LogP contribution in [-0.2, 0) is 11.3 Å². The Morgan fingerprint density at radius 1 is 1.37 bits per heavy atom. The summed E-state index contributed by atoms with van der Waals surface area (Å²) in [6.07, 6.45) is 1.98. The number of amides is 1. The average Bonchev–Trinajstić information content (AvgIpc) is 2.78. The smallest absolute Gasteiger partial charge is 0.249 e. The summed E-state index contributed by atoms with van der Waals surface area (Å²) in [7, 11) is 0. The normalized spacial score (nSPS) is 10.9. The Morgan fingerprint density at radius 2 is 2.05 bits per heavy atom. The lowest BCUT2D eigenvalue weighted by molar-refractivity contribution is -0.129. The minimum Gasteiger partial charge on any atom is -0.361 e. The van der Waals surface area contributed by atoms with Gasteiger partial charge in [0.1, 0.15) is 0 Å². The molecule has 1 N–H and O–H groups in total. The minimum atomic E-state index is 0.0141. The van der Waals surface area contributed by atoms with Gasteiger partial charge in [-0.1, -0.05) is 24.8 Å². The van der Waals surface area contributed by atoms with E-state index in [1.54, 1.807) is 6.92 Å². The highest BCUT2D eigenvalue weighted by molar-refractivity contribution is 5.92. The lowest BCUT2D eigenvalue weighted by atomic mass is 10.1. The molecule has 1 heterocycles. The summed E-state index contributed by atoms with van der Waals surface area (Å²) in [6, 6.07) is 8.28. The zero-order chi connectivity index (χ0) is 14.0. The molecule has 0 aliphatic heterocycles. The van der Waals surface area contributed by atoms with Gasteiger partial charge in [-0.15, -0.1) is 0 Å². The summed E-state index contributed by atoms with van der Waals surface area (Å²) >= 11 is 0. The van der Waals surface area contributed by atoms with Gasteiger partial charge in [-0.05, 0) is 32.4 Å². The molecular formula is C16H20N2O. The number of carbonyl (C=O) groups excluding carboxylic acids is 1. The molecule has 0 fully saturated rings. The number of rotatable bonds is 4. The van der Waals surface area contributed by atoms with Crippen LogP contribution in [0.3, 0.4) is 0 Å². The largest absolute Gasteiger partial charge is 0.361 e.